The van der Waals surface area contributed by atoms with E-state index in [0.29, 0.717) is 0 Å². The number of likely N-dealkylation sites (N-methyl/N-ethyl adjacent to an activating group) is 1. The molecular formula is C16H28N4. The van der Waals surface area contributed by atoms with Crippen LogP contribution in [-0.4, -0.2) is 49.2 Å². The third-order valence-electron chi connectivity index (χ3n) is 4.01. The fourth-order valence-electron chi connectivity index (χ4n) is 2.64. The van der Waals surface area contributed by atoms with Gasteiger partial charge in [-0.2, -0.15) is 0 Å². The summed E-state index contributed by atoms with van der Waals surface area (Å²) in [4.78, 5) is 9.75. The number of hydrogen-bond donors (Lipinski definition) is 1. The fraction of sp³-hybridized carbons (Fsp3) is 0.688. The van der Waals surface area contributed by atoms with Gasteiger partial charge >= 0.3 is 0 Å². The lowest BCUT2D eigenvalue weighted by Crippen LogP contribution is -2.46. The minimum atomic E-state index is 0.938. The van der Waals surface area contributed by atoms with Gasteiger partial charge in [0.25, 0.3) is 0 Å². The Morgan fingerprint density at radius 3 is 2.45 bits per heavy atom. The van der Waals surface area contributed by atoms with Crippen LogP contribution in [0.1, 0.15) is 32.0 Å². The molecule has 112 valence electrons. The zero-order valence-corrected chi connectivity index (χ0v) is 13.2. The topological polar surface area (TPSA) is 31.4 Å². The van der Waals surface area contributed by atoms with E-state index in [-0.39, 0.29) is 0 Å². The van der Waals surface area contributed by atoms with Crippen LogP contribution in [0, 0.1) is 0 Å². The van der Waals surface area contributed by atoms with E-state index in [9.17, 15) is 0 Å². The number of hydrogen-bond acceptors (Lipinski definition) is 4. The summed E-state index contributed by atoms with van der Waals surface area (Å²) >= 11 is 0. The summed E-state index contributed by atoms with van der Waals surface area (Å²) in [5, 5.41) is 3.41. The zero-order valence-electron chi connectivity index (χ0n) is 13.2. The van der Waals surface area contributed by atoms with E-state index in [1.807, 2.05) is 0 Å². The summed E-state index contributed by atoms with van der Waals surface area (Å²) in [6.07, 6.45) is 1.00. The molecule has 1 aliphatic heterocycles. The van der Waals surface area contributed by atoms with Gasteiger partial charge in [0.15, 0.2) is 0 Å². The molecule has 0 radical (unpaired) electrons. The van der Waals surface area contributed by atoms with Crippen molar-refractivity contribution in [3.63, 3.8) is 0 Å². The van der Waals surface area contributed by atoms with Crippen LogP contribution in [0.2, 0.25) is 0 Å². The number of anilines is 1. The van der Waals surface area contributed by atoms with Crippen LogP contribution in [-0.2, 0) is 13.0 Å². The number of piperazine rings is 1. The lowest BCUT2D eigenvalue weighted by Gasteiger charge is -2.35. The van der Waals surface area contributed by atoms with Crippen LogP contribution in [0.5, 0.6) is 0 Å². The molecule has 1 fully saturated rings. The van der Waals surface area contributed by atoms with Crippen molar-refractivity contribution < 1.29 is 0 Å². The van der Waals surface area contributed by atoms with Crippen LogP contribution in [0.4, 0.5) is 5.82 Å². The van der Waals surface area contributed by atoms with Crippen molar-refractivity contribution >= 4 is 5.82 Å². The van der Waals surface area contributed by atoms with Crippen molar-refractivity contribution in [3.05, 3.63) is 23.4 Å². The maximum Gasteiger partial charge on any atom is 0.129 e. The molecule has 0 spiro atoms. The molecule has 0 bridgehead atoms. The third kappa shape index (κ3) is 3.93. The Kier molecular flexibility index (Phi) is 5.80. The molecular weight excluding hydrogens is 248 g/mol. The first-order chi connectivity index (χ1) is 9.76. The normalized spacial score (nSPS) is 16.6. The molecule has 0 aromatic carbocycles. The van der Waals surface area contributed by atoms with Crippen LogP contribution in [0.25, 0.3) is 0 Å². The van der Waals surface area contributed by atoms with Gasteiger partial charge in [-0.05, 0) is 37.2 Å². The second kappa shape index (κ2) is 7.60. The van der Waals surface area contributed by atoms with Crippen LogP contribution >= 0.6 is 0 Å². The van der Waals surface area contributed by atoms with Crippen molar-refractivity contribution in [2.45, 2.75) is 33.7 Å². The summed E-state index contributed by atoms with van der Waals surface area (Å²) in [5.74, 6) is 1.16. The van der Waals surface area contributed by atoms with Gasteiger partial charge in [-0.25, -0.2) is 4.98 Å². The van der Waals surface area contributed by atoms with Crippen molar-refractivity contribution in [2.24, 2.45) is 0 Å². The third-order valence-corrected chi connectivity index (χ3v) is 4.01. The molecule has 4 heteroatoms. The first-order valence-electron chi connectivity index (χ1n) is 7.94. The van der Waals surface area contributed by atoms with E-state index in [0.717, 1.165) is 58.1 Å². The van der Waals surface area contributed by atoms with Gasteiger partial charge in [-0.15, -0.1) is 0 Å². The average Bonchev–Trinajstić information content (AvgIpc) is 2.52. The molecule has 0 atom stereocenters. The van der Waals surface area contributed by atoms with Crippen molar-refractivity contribution in [2.75, 3.05) is 44.2 Å². The van der Waals surface area contributed by atoms with Gasteiger partial charge in [0.2, 0.25) is 0 Å². The fourth-order valence-corrected chi connectivity index (χ4v) is 2.64. The summed E-state index contributed by atoms with van der Waals surface area (Å²) in [7, 11) is 0. The standard InChI is InChI=1S/C16H28N4/c1-4-15-11-14(13-17-5-2)12-16(18-15)20-9-7-19(6-3)8-10-20/h11-12,17H,4-10,13H2,1-3H3. The first-order valence-corrected chi connectivity index (χ1v) is 7.94. The van der Waals surface area contributed by atoms with Gasteiger partial charge in [0.1, 0.15) is 5.82 Å². The summed E-state index contributed by atoms with van der Waals surface area (Å²) < 4.78 is 0. The highest BCUT2D eigenvalue weighted by Gasteiger charge is 2.17. The van der Waals surface area contributed by atoms with E-state index < -0.39 is 0 Å². The smallest absolute Gasteiger partial charge is 0.129 e. The number of nitrogens with one attached hydrogen (secondary N) is 1. The van der Waals surface area contributed by atoms with Gasteiger partial charge in [-0.3, -0.25) is 0 Å². The summed E-state index contributed by atoms with van der Waals surface area (Å²) in [5.41, 5.74) is 2.56. The van der Waals surface area contributed by atoms with E-state index in [1.54, 1.807) is 0 Å². The maximum absolute atomic E-state index is 4.81. The van der Waals surface area contributed by atoms with Gasteiger partial charge in [0.05, 0.1) is 0 Å². The molecule has 0 unspecified atom stereocenters. The molecule has 1 saturated heterocycles. The monoisotopic (exact) mass is 276 g/mol. The number of aryl methyl sites for hydroxylation is 1. The zero-order chi connectivity index (χ0) is 14.4. The first kappa shape index (κ1) is 15.3. The molecule has 0 saturated carbocycles. The Bertz CT molecular complexity index is 411. The lowest BCUT2D eigenvalue weighted by molar-refractivity contribution is 0.270. The molecule has 1 aromatic heterocycles. The molecule has 0 amide bonds. The Morgan fingerprint density at radius 2 is 1.85 bits per heavy atom. The number of nitrogens with zero attached hydrogens (tertiary/aromatic N) is 3. The molecule has 2 rings (SSSR count). The summed E-state index contributed by atoms with van der Waals surface area (Å²) in [6, 6.07) is 4.48. The van der Waals surface area contributed by atoms with E-state index in [2.05, 4.69) is 48.0 Å². The summed E-state index contributed by atoms with van der Waals surface area (Å²) in [6.45, 7) is 14.1. The Labute approximate surface area is 123 Å². The Balaban J connectivity index is 2.10. The van der Waals surface area contributed by atoms with Crippen molar-refractivity contribution in [3.8, 4) is 0 Å². The van der Waals surface area contributed by atoms with Gasteiger partial charge < -0.3 is 15.1 Å². The highest BCUT2D eigenvalue weighted by molar-refractivity contribution is 5.43. The van der Waals surface area contributed by atoms with Crippen LogP contribution in [0.15, 0.2) is 12.1 Å². The molecule has 2 heterocycles. The van der Waals surface area contributed by atoms with Gasteiger partial charge in [0, 0.05) is 38.4 Å². The molecule has 1 N–H and O–H groups in total. The SMILES string of the molecule is CCNCc1cc(CC)nc(N2CCN(CC)CC2)c1. The van der Waals surface area contributed by atoms with E-state index >= 15 is 0 Å². The minimum absolute atomic E-state index is 0.938. The lowest BCUT2D eigenvalue weighted by atomic mass is 10.1. The van der Waals surface area contributed by atoms with Crippen LogP contribution in [0.3, 0.4) is 0 Å². The predicted octanol–water partition coefficient (Wildman–Crippen LogP) is 1.90. The molecule has 4 nitrogen and oxygen atoms in total. The quantitative estimate of drug-likeness (QED) is 0.860. The highest BCUT2D eigenvalue weighted by atomic mass is 15.3. The molecule has 1 aliphatic rings. The highest BCUT2D eigenvalue weighted by Crippen LogP contribution is 2.17. The number of aromatic nitrogens is 1. The largest absolute Gasteiger partial charge is 0.354 e. The van der Waals surface area contributed by atoms with Gasteiger partial charge in [-0.1, -0.05) is 20.8 Å². The second-order valence-corrected chi connectivity index (χ2v) is 5.38. The Hall–Kier alpha value is -1.13. The maximum atomic E-state index is 4.81. The molecule has 20 heavy (non-hydrogen) atoms. The molecule has 0 aliphatic carbocycles. The number of pyridine rings is 1. The van der Waals surface area contributed by atoms with Crippen molar-refractivity contribution in [1.82, 2.24) is 15.2 Å². The van der Waals surface area contributed by atoms with E-state index in [1.165, 1.54) is 11.3 Å². The average molecular weight is 276 g/mol. The van der Waals surface area contributed by atoms with E-state index in [4.69, 9.17) is 4.98 Å². The Morgan fingerprint density at radius 1 is 1.10 bits per heavy atom. The van der Waals surface area contributed by atoms with Crippen LogP contribution < -0.4 is 10.2 Å². The minimum Gasteiger partial charge on any atom is -0.354 e. The predicted molar refractivity (Wildman–Crippen MR) is 85.3 cm³/mol. The second-order valence-electron chi connectivity index (χ2n) is 5.38. The molecule has 1 aromatic rings. The van der Waals surface area contributed by atoms with Crippen molar-refractivity contribution in [1.29, 1.82) is 0 Å². The number of rotatable bonds is 6.